The molecule has 2 unspecified atom stereocenters. The zero-order valence-electron chi connectivity index (χ0n) is 19.0. The van der Waals surface area contributed by atoms with Gasteiger partial charge in [-0.1, -0.05) is 41.9 Å². The number of aromatic nitrogens is 2. The van der Waals surface area contributed by atoms with Crippen LogP contribution in [0, 0.1) is 17.2 Å². The van der Waals surface area contributed by atoms with E-state index in [2.05, 4.69) is 16.0 Å². The summed E-state index contributed by atoms with van der Waals surface area (Å²) < 4.78 is 0. The third-order valence-electron chi connectivity index (χ3n) is 6.30. The zero-order valence-corrected chi connectivity index (χ0v) is 19.8. The molecule has 0 spiro atoms. The van der Waals surface area contributed by atoms with Crippen LogP contribution in [-0.2, 0) is 0 Å². The lowest BCUT2D eigenvalue weighted by atomic mass is 9.78. The number of anilines is 1. The van der Waals surface area contributed by atoms with Gasteiger partial charge in [-0.15, -0.1) is 0 Å². The number of pyridine rings is 2. The number of nitrogens with zero attached hydrogens (tertiary/aromatic N) is 6. The molecule has 0 fully saturated rings. The molecule has 6 nitrogen and oxygen atoms in total. The summed E-state index contributed by atoms with van der Waals surface area (Å²) in [5.74, 6) is -0.317. The quantitative estimate of drug-likeness (QED) is 0.366. The second-order valence-corrected chi connectivity index (χ2v) is 8.87. The number of hydrogen-bond acceptors (Lipinski definition) is 6. The van der Waals surface area contributed by atoms with Gasteiger partial charge in [0.15, 0.2) is 6.17 Å². The van der Waals surface area contributed by atoms with E-state index in [4.69, 9.17) is 21.7 Å². The summed E-state index contributed by atoms with van der Waals surface area (Å²) in [5.41, 5.74) is 6.12. The molecule has 172 valence electrons. The van der Waals surface area contributed by atoms with Crippen LogP contribution in [-0.4, -0.2) is 27.6 Å². The van der Waals surface area contributed by atoms with E-state index in [1.807, 2.05) is 83.9 Å². The minimum Gasteiger partial charge on any atom is -0.264 e. The minimum absolute atomic E-state index is 0.317. The number of benzene rings is 2. The highest BCUT2D eigenvalue weighted by molar-refractivity contribution is 6.31. The van der Waals surface area contributed by atoms with Crippen molar-refractivity contribution in [1.29, 1.82) is 5.26 Å². The highest BCUT2D eigenvalue weighted by atomic mass is 35.5. The second-order valence-electron chi connectivity index (χ2n) is 8.43. The van der Waals surface area contributed by atoms with Gasteiger partial charge in [0.05, 0.1) is 28.6 Å². The number of rotatable bonds is 4. The Morgan fingerprint density at radius 3 is 2.19 bits per heavy atom. The first-order valence-corrected chi connectivity index (χ1v) is 11.8. The normalized spacial score (nSPS) is 18.8. The molecule has 2 aliphatic heterocycles. The minimum atomic E-state index is -0.413. The summed E-state index contributed by atoms with van der Waals surface area (Å²) in [7, 11) is 0. The number of halogens is 1. The number of dihydropyridines is 1. The van der Waals surface area contributed by atoms with Crippen molar-refractivity contribution in [2.45, 2.75) is 6.17 Å². The van der Waals surface area contributed by atoms with Crippen molar-refractivity contribution in [3.05, 3.63) is 131 Å². The Labute approximate surface area is 213 Å². The Morgan fingerprint density at radius 2 is 1.53 bits per heavy atom. The average Bonchev–Trinajstić information content (AvgIpc) is 3.32. The molecule has 4 heterocycles. The first kappa shape index (κ1) is 21.9. The Balaban J connectivity index is 1.64. The van der Waals surface area contributed by atoms with Crippen molar-refractivity contribution < 1.29 is 0 Å². The van der Waals surface area contributed by atoms with E-state index in [1.54, 1.807) is 24.8 Å². The van der Waals surface area contributed by atoms with Crippen LogP contribution < -0.4 is 5.01 Å². The Hall–Kier alpha value is -4.60. The van der Waals surface area contributed by atoms with Gasteiger partial charge >= 0.3 is 0 Å². The second kappa shape index (κ2) is 9.21. The van der Waals surface area contributed by atoms with Crippen molar-refractivity contribution in [2.75, 3.05) is 5.01 Å². The van der Waals surface area contributed by atoms with Crippen LogP contribution in [0.4, 0.5) is 5.69 Å². The fourth-order valence-electron chi connectivity index (χ4n) is 4.77. The molecule has 2 aromatic carbocycles. The third kappa shape index (κ3) is 3.76. The Morgan fingerprint density at radius 1 is 0.806 bits per heavy atom. The summed E-state index contributed by atoms with van der Waals surface area (Å²) in [5, 5.41) is 18.1. The Kier molecular flexibility index (Phi) is 5.61. The van der Waals surface area contributed by atoms with Gasteiger partial charge in [-0.25, -0.2) is 5.01 Å². The maximum absolute atomic E-state index is 10.5. The van der Waals surface area contributed by atoms with Gasteiger partial charge in [0, 0.05) is 40.9 Å². The molecule has 0 saturated heterocycles. The summed E-state index contributed by atoms with van der Waals surface area (Å²) in [4.78, 5) is 13.8. The predicted molar refractivity (Wildman–Crippen MR) is 142 cm³/mol. The molecule has 0 radical (unpaired) electrons. The molecular formula is C29H19ClN6. The maximum atomic E-state index is 10.5. The molecule has 4 aromatic rings. The highest BCUT2D eigenvalue weighted by Crippen LogP contribution is 2.44. The summed E-state index contributed by atoms with van der Waals surface area (Å²) >= 11 is 6.43. The monoisotopic (exact) mass is 486 g/mol. The zero-order chi connectivity index (χ0) is 24.5. The van der Waals surface area contributed by atoms with Crippen LogP contribution in [0.5, 0.6) is 0 Å². The average molecular weight is 487 g/mol. The predicted octanol–water partition coefficient (Wildman–Crippen LogP) is 5.78. The lowest BCUT2D eigenvalue weighted by molar-refractivity contribution is 0.622. The number of nitriles is 1. The van der Waals surface area contributed by atoms with Crippen LogP contribution in [0.1, 0.15) is 16.7 Å². The molecule has 0 saturated carbocycles. The summed E-state index contributed by atoms with van der Waals surface area (Å²) in [6.07, 6.45) is 6.56. The molecule has 2 atom stereocenters. The molecule has 0 aliphatic carbocycles. The van der Waals surface area contributed by atoms with Gasteiger partial charge in [0.2, 0.25) is 0 Å². The van der Waals surface area contributed by atoms with Gasteiger partial charge in [-0.05, 0) is 59.7 Å². The lowest BCUT2D eigenvalue weighted by Crippen LogP contribution is -2.37. The molecule has 36 heavy (non-hydrogen) atoms. The maximum Gasteiger partial charge on any atom is 0.155 e. The summed E-state index contributed by atoms with van der Waals surface area (Å²) in [6.45, 7) is 0. The van der Waals surface area contributed by atoms with Crippen molar-refractivity contribution in [2.24, 2.45) is 16.0 Å². The van der Waals surface area contributed by atoms with Gasteiger partial charge < -0.3 is 0 Å². The van der Waals surface area contributed by atoms with Crippen molar-refractivity contribution in [3.8, 4) is 6.07 Å². The molecular weight excluding hydrogens is 468 g/mol. The smallest absolute Gasteiger partial charge is 0.155 e. The van der Waals surface area contributed by atoms with Gasteiger partial charge in [0.25, 0.3) is 0 Å². The van der Waals surface area contributed by atoms with Crippen molar-refractivity contribution >= 4 is 34.3 Å². The van der Waals surface area contributed by atoms with Crippen LogP contribution in [0.2, 0.25) is 5.02 Å². The lowest BCUT2D eigenvalue weighted by Gasteiger charge is -2.32. The van der Waals surface area contributed by atoms with E-state index in [9.17, 15) is 5.26 Å². The van der Waals surface area contributed by atoms with E-state index in [0.717, 1.165) is 33.7 Å². The van der Waals surface area contributed by atoms with E-state index in [0.29, 0.717) is 16.3 Å². The van der Waals surface area contributed by atoms with Crippen LogP contribution in [0.3, 0.4) is 0 Å². The van der Waals surface area contributed by atoms with Gasteiger partial charge in [0.1, 0.15) is 6.07 Å². The van der Waals surface area contributed by atoms with Gasteiger partial charge in [-0.2, -0.15) is 10.4 Å². The van der Waals surface area contributed by atoms with E-state index in [-0.39, 0.29) is 5.92 Å². The fraction of sp³-hybridized carbons (Fsp3) is 0.0690. The molecule has 0 N–H and O–H groups in total. The van der Waals surface area contributed by atoms with Crippen molar-refractivity contribution in [1.82, 2.24) is 9.97 Å². The van der Waals surface area contributed by atoms with Crippen LogP contribution in [0.25, 0.3) is 5.57 Å². The van der Waals surface area contributed by atoms with Crippen LogP contribution in [0.15, 0.2) is 119 Å². The number of aliphatic imine (C=N–C) groups is 1. The largest absolute Gasteiger partial charge is 0.264 e. The summed E-state index contributed by atoms with van der Waals surface area (Å²) in [6, 6.07) is 27.6. The van der Waals surface area contributed by atoms with E-state index < -0.39 is 6.17 Å². The molecule has 2 aromatic heterocycles. The fourth-order valence-corrected chi connectivity index (χ4v) is 4.96. The topological polar surface area (TPSA) is 77.5 Å². The molecule has 0 amide bonds. The number of hydrazone groups is 1. The number of hydrogen-bond donors (Lipinski definition) is 0. The first-order chi connectivity index (χ1) is 17.7. The SMILES string of the molecule is N#CC1=C(c2cccc(Cl)c2)C2C(c3cccnc3)=NN(c3ccccc3)C2N=C1c1cccnc1. The van der Waals surface area contributed by atoms with Gasteiger partial charge in [-0.3, -0.25) is 15.0 Å². The molecule has 6 rings (SSSR count). The van der Waals surface area contributed by atoms with E-state index in [1.165, 1.54) is 0 Å². The molecule has 2 aliphatic rings. The number of fused-ring (bicyclic) bond motifs is 1. The first-order valence-electron chi connectivity index (χ1n) is 11.5. The van der Waals surface area contributed by atoms with Crippen LogP contribution >= 0.6 is 11.6 Å². The van der Waals surface area contributed by atoms with Crippen molar-refractivity contribution in [3.63, 3.8) is 0 Å². The van der Waals surface area contributed by atoms with E-state index >= 15 is 0 Å². The highest BCUT2D eigenvalue weighted by Gasteiger charge is 2.46. The Bertz CT molecular complexity index is 1560. The molecule has 0 bridgehead atoms. The molecule has 7 heteroatoms. The number of para-hydroxylation sites is 1. The third-order valence-corrected chi connectivity index (χ3v) is 6.53. The number of allylic oxidation sites excluding steroid dienone is 1. The standard InChI is InChI=1S/C29H19ClN6/c30-22-10-4-7-19(15-22)25-24(16-31)27(20-8-5-13-32-17-20)34-29-26(25)28(21-9-6-14-33-18-21)35-36(29)23-11-2-1-3-12-23/h1-15,17-18,26,29H.